The topological polar surface area (TPSA) is 64.3 Å². The zero-order chi connectivity index (χ0) is 12.5. The Morgan fingerprint density at radius 2 is 1.94 bits per heavy atom. The first-order valence-electron chi connectivity index (χ1n) is 6.67. The second-order valence-electron chi connectivity index (χ2n) is 5.44. The summed E-state index contributed by atoms with van der Waals surface area (Å²) in [5, 5.41) is 0. The van der Waals surface area contributed by atoms with Crippen LogP contribution in [0.3, 0.4) is 0 Å². The highest BCUT2D eigenvalue weighted by molar-refractivity contribution is 5.32. The molecule has 0 aliphatic carbocycles. The molecular weight excluding hydrogens is 228 g/mol. The quantitative estimate of drug-likeness (QED) is 0.854. The van der Waals surface area contributed by atoms with Gasteiger partial charge in [-0.3, -0.25) is 0 Å². The average molecular weight is 248 g/mol. The molecule has 5 heteroatoms. The molecule has 98 valence electrons. The first-order chi connectivity index (χ1) is 8.70. The molecule has 1 aromatic heterocycles. The van der Waals surface area contributed by atoms with Crippen molar-refractivity contribution >= 4 is 5.95 Å². The smallest absolute Gasteiger partial charge is 0.225 e. The van der Waals surface area contributed by atoms with Crippen LogP contribution in [-0.2, 0) is 11.2 Å². The maximum Gasteiger partial charge on any atom is 0.225 e. The van der Waals surface area contributed by atoms with Gasteiger partial charge in [-0.15, -0.1) is 0 Å². The lowest BCUT2D eigenvalue weighted by molar-refractivity contribution is 0.0299. The van der Waals surface area contributed by atoms with E-state index in [0.29, 0.717) is 12.2 Å². The number of ether oxygens (including phenoxy) is 1. The van der Waals surface area contributed by atoms with Crippen LogP contribution in [0.1, 0.15) is 25.3 Å². The third kappa shape index (κ3) is 2.47. The first-order valence-corrected chi connectivity index (χ1v) is 6.67. The van der Waals surface area contributed by atoms with Gasteiger partial charge < -0.3 is 15.4 Å². The summed E-state index contributed by atoms with van der Waals surface area (Å²) >= 11 is 0. The zero-order valence-electron chi connectivity index (χ0n) is 10.7. The number of morpholine rings is 1. The van der Waals surface area contributed by atoms with Crippen LogP contribution in [0.15, 0.2) is 12.4 Å². The minimum atomic E-state index is 0.152. The van der Waals surface area contributed by atoms with Crippen LogP contribution in [-0.4, -0.2) is 41.3 Å². The molecule has 3 unspecified atom stereocenters. The van der Waals surface area contributed by atoms with Gasteiger partial charge in [-0.25, -0.2) is 9.97 Å². The summed E-state index contributed by atoms with van der Waals surface area (Å²) in [7, 11) is 0. The van der Waals surface area contributed by atoms with Crippen LogP contribution in [0.5, 0.6) is 0 Å². The Kier molecular flexibility index (Phi) is 3.18. The zero-order valence-corrected chi connectivity index (χ0v) is 10.7. The summed E-state index contributed by atoms with van der Waals surface area (Å²) in [5.74, 6) is 0.823. The van der Waals surface area contributed by atoms with Gasteiger partial charge in [0.15, 0.2) is 0 Å². The lowest BCUT2D eigenvalue weighted by Gasteiger charge is -2.32. The Labute approximate surface area is 107 Å². The molecule has 0 saturated carbocycles. The molecule has 0 radical (unpaired) electrons. The van der Waals surface area contributed by atoms with Gasteiger partial charge in [0.1, 0.15) is 0 Å². The highest BCUT2D eigenvalue weighted by Crippen LogP contribution is 2.27. The number of nitrogens with zero attached hydrogens (tertiary/aromatic N) is 3. The monoisotopic (exact) mass is 248 g/mol. The van der Waals surface area contributed by atoms with E-state index in [-0.39, 0.29) is 6.04 Å². The van der Waals surface area contributed by atoms with Gasteiger partial charge in [0.05, 0.1) is 12.2 Å². The Hall–Kier alpha value is -1.20. The number of nitrogens with two attached hydrogens (primary N) is 1. The van der Waals surface area contributed by atoms with Crippen molar-refractivity contribution in [2.75, 3.05) is 18.0 Å². The lowest BCUT2D eigenvalue weighted by atomic mass is 10.1. The van der Waals surface area contributed by atoms with Gasteiger partial charge >= 0.3 is 0 Å². The molecule has 2 fully saturated rings. The van der Waals surface area contributed by atoms with Crippen LogP contribution in [0.4, 0.5) is 5.95 Å². The number of hydrogen-bond donors (Lipinski definition) is 1. The Balaban J connectivity index is 1.69. The molecule has 2 saturated heterocycles. The number of rotatable bonds is 3. The molecule has 0 spiro atoms. The van der Waals surface area contributed by atoms with Crippen molar-refractivity contribution in [1.82, 2.24) is 9.97 Å². The maximum atomic E-state index is 5.81. The summed E-state index contributed by atoms with van der Waals surface area (Å²) < 4.78 is 5.81. The van der Waals surface area contributed by atoms with Crippen molar-refractivity contribution in [1.29, 1.82) is 0 Å². The van der Waals surface area contributed by atoms with Gasteiger partial charge in [-0.1, -0.05) is 0 Å². The molecule has 2 N–H and O–H groups in total. The molecule has 1 aromatic rings. The number of aromatic nitrogens is 2. The predicted octanol–water partition coefficient (Wildman–Crippen LogP) is 0.734. The molecule has 0 amide bonds. The van der Waals surface area contributed by atoms with E-state index in [1.165, 1.54) is 12.8 Å². The molecule has 2 aliphatic rings. The molecule has 3 heterocycles. The van der Waals surface area contributed by atoms with Crippen molar-refractivity contribution in [3.8, 4) is 0 Å². The minimum Gasteiger partial charge on any atom is -0.371 e. The second-order valence-corrected chi connectivity index (χ2v) is 5.44. The van der Waals surface area contributed by atoms with Crippen molar-refractivity contribution in [3.63, 3.8) is 0 Å². The van der Waals surface area contributed by atoms with E-state index in [2.05, 4.69) is 14.9 Å². The van der Waals surface area contributed by atoms with Crippen molar-refractivity contribution in [3.05, 3.63) is 18.0 Å². The predicted molar refractivity (Wildman–Crippen MR) is 69.5 cm³/mol. The van der Waals surface area contributed by atoms with Crippen molar-refractivity contribution < 1.29 is 4.74 Å². The average Bonchev–Trinajstić information content (AvgIpc) is 2.68. The number of anilines is 1. The normalized spacial score (nSPS) is 28.4. The van der Waals surface area contributed by atoms with E-state index in [4.69, 9.17) is 10.5 Å². The Morgan fingerprint density at radius 1 is 1.33 bits per heavy atom. The fourth-order valence-electron chi connectivity index (χ4n) is 2.77. The van der Waals surface area contributed by atoms with Crippen LogP contribution in [0, 0.1) is 0 Å². The van der Waals surface area contributed by atoms with E-state index in [1.807, 2.05) is 19.3 Å². The number of hydrogen-bond acceptors (Lipinski definition) is 5. The standard InChI is InChI=1S/C13H20N4O/c1-9(14)4-10-5-15-13(16-6-10)17-7-11-2-3-12(8-17)18-11/h5-6,9,11-12H,2-4,7-8,14H2,1H3. The molecule has 0 aromatic carbocycles. The van der Waals surface area contributed by atoms with Gasteiger partial charge in [0, 0.05) is 31.5 Å². The van der Waals surface area contributed by atoms with E-state index in [9.17, 15) is 0 Å². The summed E-state index contributed by atoms with van der Waals surface area (Å²) in [4.78, 5) is 11.1. The van der Waals surface area contributed by atoms with E-state index >= 15 is 0 Å². The van der Waals surface area contributed by atoms with Gasteiger partial charge in [0.2, 0.25) is 5.95 Å². The summed E-state index contributed by atoms with van der Waals surface area (Å²) in [6.45, 7) is 3.83. The third-order valence-electron chi connectivity index (χ3n) is 3.58. The van der Waals surface area contributed by atoms with Crippen LogP contribution in [0.2, 0.25) is 0 Å². The first kappa shape index (κ1) is 11.9. The Bertz CT molecular complexity index is 394. The SMILES string of the molecule is CC(N)Cc1cnc(N2CC3CCC(C2)O3)nc1. The van der Waals surface area contributed by atoms with Crippen LogP contribution >= 0.6 is 0 Å². The largest absolute Gasteiger partial charge is 0.371 e. The van der Waals surface area contributed by atoms with Gasteiger partial charge in [0.25, 0.3) is 0 Å². The van der Waals surface area contributed by atoms with E-state index in [0.717, 1.165) is 31.0 Å². The van der Waals surface area contributed by atoms with Crippen LogP contribution in [0.25, 0.3) is 0 Å². The molecular formula is C13H20N4O. The fraction of sp³-hybridized carbons (Fsp3) is 0.692. The fourth-order valence-corrected chi connectivity index (χ4v) is 2.77. The summed E-state index contributed by atoms with van der Waals surface area (Å²) in [6, 6.07) is 0.152. The summed E-state index contributed by atoms with van der Waals surface area (Å²) in [6.07, 6.45) is 7.70. The molecule has 2 bridgehead atoms. The molecule has 3 atom stereocenters. The van der Waals surface area contributed by atoms with Crippen LogP contribution < -0.4 is 10.6 Å². The van der Waals surface area contributed by atoms with E-state index in [1.54, 1.807) is 0 Å². The summed E-state index contributed by atoms with van der Waals surface area (Å²) in [5.41, 5.74) is 6.87. The van der Waals surface area contributed by atoms with Crippen molar-refractivity contribution in [2.45, 2.75) is 44.4 Å². The van der Waals surface area contributed by atoms with Crippen molar-refractivity contribution in [2.24, 2.45) is 5.73 Å². The maximum absolute atomic E-state index is 5.81. The van der Waals surface area contributed by atoms with E-state index < -0.39 is 0 Å². The van der Waals surface area contributed by atoms with Gasteiger partial charge in [-0.2, -0.15) is 0 Å². The molecule has 3 rings (SSSR count). The molecule has 18 heavy (non-hydrogen) atoms. The lowest BCUT2D eigenvalue weighted by Crippen LogP contribution is -2.43. The molecule has 5 nitrogen and oxygen atoms in total. The number of fused-ring (bicyclic) bond motifs is 2. The highest BCUT2D eigenvalue weighted by Gasteiger charge is 2.34. The Morgan fingerprint density at radius 3 is 2.50 bits per heavy atom. The minimum absolute atomic E-state index is 0.152. The molecule has 2 aliphatic heterocycles. The third-order valence-corrected chi connectivity index (χ3v) is 3.58. The van der Waals surface area contributed by atoms with Gasteiger partial charge in [-0.05, 0) is 31.7 Å². The second kappa shape index (κ2) is 4.82. The highest BCUT2D eigenvalue weighted by atomic mass is 16.5.